The molecule has 4 nitrogen and oxygen atoms in total. The molecule has 0 unspecified atom stereocenters. The van der Waals surface area contributed by atoms with E-state index in [1.165, 1.54) is 29.5 Å². The molecule has 2 N–H and O–H groups in total. The van der Waals surface area contributed by atoms with Crippen LogP contribution in [0.1, 0.15) is 23.7 Å². The van der Waals surface area contributed by atoms with E-state index in [1.54, 1.807) is 6.20 Å². The van der Waals surface area contributed by atoms with E-state index >= 15 is 0 Å². The van der Waals surface area contributed by atoms with Crippen molar-refractivity contribution in [2.45, 2.75) is 26.3 Å². The van der Waals surface area contributed by atoms with Gasteiger partial charge in [-0.2, -0.15) is 0 Å². The number of carbonyl (C=O) groups is 1. The van der Waals surface area contributed by atoms with Gasteiger partial charge in [0.15, 0.2) is 0 Å². The molecule has 0 radical (unpaired) electrons. The smallest absolute Gasteiger partial charge is 0.319 e. The Hall–Kier alpha value is -1.66. The first-order chi connectivity index (χ1) is 9.76. The van der Waals surface area contributed by atoms with Crippen LogP contribution in [0.25, 0.3) is 0 Å². The van der Waals surface area contributed by atoms with Gasteiger partial charge in [-0.25, -0.2) is 14.2 Å². The first-order valence-corrected chi connectivity index (χ1v) is 7.44. The van der Waals surface area contributed by atoms with E-state index < -0.39 is 17.4 Å². The molecule has 0 spiro atoms. The van der Waals surface area contributed by atoms with Gasteiger partial charge in [0, 0.05) is 21.8 Å². The van der Waals surface area contributed by atoms with Gasteiger partial charge in [-0.1, -0.05) is 11.6 Å². The second-order valence-corrected chi connectivity index (χ2v) is 6.81. The maximum Gasteiger partial charge on any atom is 0.319 e. The summed E-state index contributed by atoms with van der Waals surface area (Å²) in [5.41, 5.74) is -0.330. The predicted octanol–water partition coefficient (Wildman–Crippen LogP) is 4.30. The number of rotatable bonds is 3. The summed E-state index contributed by atoms with van der Waals surface area (Å²) < 4.78 is 13.2. The summed E-state index contributed by atoms with van der Waals surface area (Å²) in [5, 5.41) is 6.39. The van der Waals surface area contributed by atoms with Gasteiger partial charge in [0.2, 0.25) is 0 Å². The molecule has 2 rings (SSSR count). The molecule has 0 fully saturated rings. The quantitative estimate of drug-likeness (QED) is 0.883. The Kier molecular flexibility index (Phi) is 4.49. The van der Waals surface area contributed by atoms with Crippen molar-refractivity contribution < 1.29 is 9.18 Å². The van der Waals surface area contributed by atoms with Crippen LogP contribution >= 0.6 is 22.9 Å². The number of nitrogens with one attached hydrogen (secondary N) is 2. The molecular weight excluding hydrogens is 313 g/mol. The van der Waals surface area contributed by atoms with Crippen molar-refractivity contribution in [1.29, 1.82) is 0 Å². The maximum atomic E-state index is 13.2. The molecule has 0 saturated heterocycles. The number of urea groups is 1. The van der Waals surface area contributed by atoms with Crippen molar-refractivity contribution in [2.75, 3.05) is 5.32 Å². The Morgan fingerprint density at radius 2 is 2.10 bits per heavy atom. The number of hydrogen-bond acceptors (Lipinski definition) is 3. The molecule has 1 heterocycles. The van der Waals surface area contributed by atoms with Crippen LogP contribution in [0, 0.1) is 12.7 Å². The molecule has 2 aromatic rings. The van der Waals surface area contributed by atoms with Crippen LogP contribution in [-0.2, 0) is 5.54 Å². The summed E-state index contributed by atoms with van der Waals surface area (Å²) in [6, 6.07) is 3.40. The first-order valence-electron chi connectivity index (χ1n) is 6.24. The summed E-state index contributed by atoms with van der Waals surface area (Å²) in [4.78, 5) is 17.4. The van der Waals surface area contributed by atoms with Crippen LogP contribution in [0.15, 0.2) is 24.4 Å². The highest BCUT2D eigenvalue weighted by Crippen LogP contribution is 2.25. The number of carbonyl (C=O) groups excluding carboxylic acids is 1. The summed E-state index contributed by atoms with van der Waals surface area (Å²) in [5.74, 6) is -0.507. The van der Waals surface area contributed by atoms with E-state index in [0.29, 0.717) is 5.69 Å². The molecule has 1 aromatic heterocycles. The van der Waals surface area contributed by atoms with Gasteiger partial charge in [-0.05, 0) is 39.0 Å². The minimum Gasteiger partial charge on any atom is -0.326 e. The third-order valence-electron chi connectivity index (χ3n) is 2.70. The van der Waals surface area contributed by atoms with Crippen molar-refractivity contribution in [2.24, 2.45) is 0 Å². The third kappa shape index (κ3) is 4.15. The monoisotopic (exact) mass is 327 g/mol. The molecular formula is C14H15ClFN3OS. The van der Waals surface area contributed by atoms with Gasteiger partial charge < -0.3 is 10.6 Å². The number of aromatic nitrogens is 1. The highest BCUT2D eigenvalue weighted by atomic mass is 35.5. The van der Waals surface area contributed by atoms with E-state index in [4.69, 9.17) is 11.6 Å². The Balaban J connectivity index is 2.07. The molecule has 0 bridgehead atoms. The molecule has 0 aliphatic rings. The number of hydrogen-bond donors (Lipinski definition) is 2. The fourth-order valence-corrected chi connectivity index (χ4v) is 2.81. The number of amides is 2. The second kappa shape index (κ2) is 5.99. The van der Waals surface area contributed by atoms with Crippen LogP contribution in [0.4, 0.5) is 14.9 Å². The molecule has 21 heavy (non-hydrogen) atoms. The average Bonchev–Trinajstić information content (AvgIpc) is 2.74. The fourth-order valence-electron chi connectivity index (χ4n) is 1.77. The number of benzene rings is 1. The normalized spacial score (nSPS) is 11.3. The molecule has 0 saturated carbocycles. The Bertz CT molecular complexity index is 652. The van der Waals surface area contributed by atoms with Crippen LogP contribution in [0.5, 0.6) is 0 Å². The maximum absolute atomic E-state index is 13.2. The van der Waals surface area contributed by atoms with Gasteiger partial charge in [-0.3, -0.25) is 0 Å². The number of aryl methyl sites for hydroxylation is 1. The topological polar surface area (TPSA) is 54.0 Å². The van der Waals surface area contributed by atoms with Crippen LogP contribution < -0.4 is 10.6 Å². The van der Waals surface area contributed by atoms with Crippen molar-refractivity contribution in [3.8, 4) is 0 Å². The van der Waals surface area contributed by atoms with Gasteiger partial charge in [0.1, 0.15) is 10.8 Å². The molecule has 1 aromatic carbocycles. The minimum atomic E-state index is -0.625. The van der Waals surface area contributed by atoms with Crippen LogP contribution in [0.2, 0.25) is 5.02 Å². The number of halogens is 2. The van der Waals surface area contributed by atoms with E-state index in [0.717, 1.165) is 9.88 Å². The summed E-state index contributed by atoms with van der Waals surface area (Å²) >= 11 is 7.26. The second-order valence-electron chi connectivity index (χ2n) is 5.14. The Labute approximate surface area is 131 Å². The lowest BCUT2D eigenvalue weighted by Gasteiger charge is -2.24. The average molecular weight is 328 g/mol. The van der Waals surface area contributed by atoms with Gasteiger partial charge in [0.25, 0.3) is 0 Å². The van der Waals surface area contributed by atoms with Crippen molar-refractivity contribution in [3.05, 3.63) is 45.1 Å². The van der Waals surface area contributed by atoms with E-state index in [-0.39, 0.29) is 5.02 Å². The summed E-state index contributed by atoms with van der Waals surface area (Å²) in [6.07, 6.45) is 1.76. The van der Waals surface area contributed by atoms with Crippen molar-refractivity contribution >= 4 is 34.7 Å². The van der Waals surface area contributed by atoms with E-state index in [1.807, 2.05) is 20.8 Å². The molecule has 2 amide bonds. The molecule has 0 aliphatic carbocycles. The van der Waals surface area contributed by atoms with Crippen molar-refractivity contribution in [3.63, 3.8) is 0 Å². The predicted molar refractivity (Wildman–Crippen MR) is 83.4 cm³/mol. The third-order valence-corrected chi connectivity index (χ3v) is 4.16. The Morgan fingerprint density at radius 3 is 2.67 bits per heavy atom. The number of anilines is 1. The zero-order chi connectivity index (χ0) is 15.6. The lowest BCUT2D eigenvalue weighted by atomic mass is 10.1. The van der Waals surface area contributed by atoms with E-state index in [2.05, 4.69) is 15.6 Å². The van der Waals surface area contributed by atoms with Crippen LogP contribution in [0.3, 0.4) is 0 Å². The van der Waals surface area contributed by atoms with Gasteiger partial charge >= 0.3 is 6.03 Å². The zero-order valence-corrected chi connectivity index (χ0v) is 13.4. The van der Waals surface area contributed by atoms with Crippen molar-refractivity contribution in [1.82, 2.24) is 10.3 Å². The molecule has 0 aliphatic heterocycles. The van der Waals surface area contributed by atoms with Gasteiger partial charge in [-0.15, -0.1) is 11.3 Å². The number of nitrogens with zero attached hydrogens (tertiary/aromatic N) is 1. The highest BCUT2D eigenvalue weighted by molar-refractivity contribution is 7.11. The lowest BCUT2D eigenvalue weighted by Crippen LogP contribution is -2.43. The van der Waals surface area contributed by atoms with Crippen LogP contribution in [-0.4, -0.2) is 11.0 Å². The minimum absolute atomic E-state index is 0.222. The first kappa shape index (κ1) is 15.7. The number of thiazole rings is 1. The summed E-state index contributed by atoms with van der Waals surface area (Å²) in [7, 11) is 0. The highest BCUT2D eigenvalue weighted by Gasteiger charge is 2.26. The van der Waals surface area contributed by atoms with E-state index in [9.17, 15) is 9.18 Å². The lowest BCUT2D eigenvalue weighted by molar-refractivity contribution is 0.242. The molecule has 112 valence electrons. The zero-order valence-electron chi connectivity index (χ0n) is 11.8. The SMILES string of the molecule is Cc1cnc(C(C)(C)NC(=O)Nc2cc(F)cc(Cl)c2)s1. The standard InChI is InChI=1S/C14H15ClFN3OS/c1-8-7-17-12(21-8)14(2,3)19-13(20)18-11-5-9(15)4-10(16)6-11/h4-7H,1-3H3,(H2,18,19,20). The Morgan fingerprint density at radius 1 is 1.38 bits per heavy atom. The largest absolute Gasteiger partial charge is 0.326 e. The molecule has 0 atom stereocenters. The van der Waals surface area contributed by atoms with Gasteiger partial charge in [0.05, 0.1) is 5.54 Å². The fraction of sp³-hybridized carbons (Fsp3) is 0.286. The summed E-state index contributed by atoms with van der Waals surface area (Å²) in [6.45, 7) is 5.65. The molecule has 7 heteroatoms.